The smallest absolute Gasteiger partial charge is 0.265 e. The van der Waals surface area contributed by atoms with Crippen molar-refractivity contribution in [3.63, 3.8) is 0 Å². The maximum absolute atomic E-state index is 12.9. The Labute approximate surface area is 183 Å². The molecule has 1 fully saturated rings. The molecule has 3 heterocycles. The highest BCUT2D eigenvalue weighted by atomic mass is 32.1. The molecule has 2 amide bonds. The largest absolute Gasteiger partial charge is 0.440 e. The monoisotopic (exact) mass is 431 g/mol. The number of para-hydroxylation sites is 2. The van der Waals surface area contributed by atoms with E-state index >= 15 is 0 Å². The number of oxazole rings is 1. The summed E-state index contributed by atoms with van der Waals surface area (Å²) in [7, 11) is 0. The van der Waals surface area contributed by atoms with Gasteiger partial charge in [0.1, 0.15) is 5.52 Å². The van der Waals surface area contributed by atoms with E-state index in [1.54, 1.807) is 30.3 Å². The van der Waals surface area contributed by atoms with Gasteiger partial charge < -0.3 is 14.6 Å². The minimum Gasteiger partial charge on any atom is -0.440 e. The van der Waals surface area contributed by atoms with Crippen LogP contribution in [0.2, 0.25) is 0 Å². The molecule has 2 aromatic carbocycles. The number of benzene rings is 2. The number of likely N-dealkylation sites (tertiary alicyclic amines) is 1. The Morgan fingerprint density at radius 1 is 1.00 bits per heavy atom. The third-order valence-electron chi connectivity index (χ3n) is 5.58. The lowest BCUT2D eigenvalue weighted by Gasteiger charge is -2.30. The van der Waals surface area contributed by atoms with E-state index in [0.29, 0.717) is 29.2 Å². The lowest BCUT2D eigenvalue weighted by molar-refractivity contribution is 0.0706. The zero-order valence-corrected chi connectivity index (χ0v) is 17.6. The van der Waals surface area contributed by atoms with Crippen LogP contribution in [0, 0.1) is 0 Å². The van der Waals surface area contributed by atoms with E-state index < -0.39 is 0 Å². The van der Waals surface area contributed by atoms with Gasteiger partial charge in [0.05, 0.1) is 4.88 Å². The fraction of sp³-hybridized carbons (Fsp3) is 0.208. The van der Waals surface area contributed by atoms with Crippen LogP contribution in [0.5, 0.6) is 0 Å². The Kier molecular flexibility index (Phi) is 5.26. The fourth-order valence-corrected chi connectivity index (χ4v) is 4.49. The first-order chi connectivity index (χ1) is 15.2. The topological polar surface area (TPSA) is 75.4 Å². The number of carbonyl (C=O) groups excluding carboxylic acids is 2. The van der Waals surface area contributed by atoms with Crippen LogP contribution in [0.3, 0.4) is 0 Å². The number of thiophene rings is 1. The molecule has 7 heteroatoms. The molecule has 0 radical (unpaired) electrons. The number of piperidine rings is 1. The second kappa shape index (κ2) is 8.35. The van der Waals surface area contributed by atoms with E-state index in [4.69, 9.17) is 4.42 Å². The van der Waals surface area contributed by atoms with Gasteiger partial charge in [0.2, 0.25) is 0 Å². The first-order valence-corrected chi connectivity index (χ1v) is 11.1. The van der Waals surface area contributed by atoms with Crippen molar-refractivity contribution in [2.75, 3.05) is 18.4 Å². The molecule has 6 nitrogen and oxygen atoms in total. The Balaban J connectivity index is 1.19. The van der Waals surface area contributed by atoms with E-state index in [1.165, 1.54) is 11.3 Å². The van der Waals surface area contributed by atoms with Crippen molar-refractivity contribution in [1.29, 1.82) is 0 Å². The van der Waals surface area contributed by atoms with Crippen molar-refractivity contribution in [3.05, 3.63) is 82.4 Å². The predicted molar refractivity (Wildman–Crippen MR) is 121 cm³/mol. The second-order valence-electron chi connectivity index (χ2n) is 7.60. The van der Waals surface area contributed by atoms with Crippen LogP contribution in [0.4, 0.5) is 5.69 Å². The highest BCUT2D eigenvalue weighted by molar-refractivity contribution is 7.12. The quantitative estimate of drug-likeness (QED) is 0.484. The summed E-state index contributed by atoms with van der Waals surface area (Å²) in [5.41, 5.74) is 2.98. The summed E-state index contributed by atoms with van der Waals surface area (Å²) in [6.07, 6.45) is 1.65. The number of nitrogens with zero attached hydrogens (tertiary/aromatic N) is 2. The Hall–Kier alpha value is -3.45. The van der Waals surface area contributed by atoms with Gasteiger partial charge in [-0.05, 0) is 60.7 Å². The van der Waals surface area contributed by atoms with Gasteiger partial charge in [-0.25, -0.2) is 4.98 Å². The molecule has 1 N–H and O–H groups in total. The van der Waals surface area contributed by atoms with Crippen LogP contribution in [0.1, 0.15) is 44.7 Å². The van der Waals surface area contributed by atoms with Crippen molar-refractivity contribution < 1.29 is 14.0 Å². The Morgan fingerprint density at radius 3 is 2.48 bits per heavy atom. The highest BCUT2D eigenvalue weighted by Crippen LogP contribution is 2.30. The molecule has 0 unspecified atom stereocenters. The summed E-state index contributed by atoms with van der Waals surface area (Å²) in [4.78, 5) is 32.2. The molecule has 0 aliphatic carbocycles. The van der Waals surface area contributed by atoms with Crippen LogP contribution < -0.4 is 5.32 Å². The van der Waals surface area contributed by atoms with Crippen molar-refractivity contribution >= 4 is 39.9 Å². The van der Waals surface area contributed by atoms with Gasteiger partial charge in [0, 0.05) is 30.3 Å². The molecule has 31 heavy (non-hydrogen) atoms. The molecule has 1 saturated heterocycles. The summed E-state index contributed by atoms with van der Waals surface area (Å²) >= 11 is 1.39. The summed E-state index contributed by atoms with van der Waals surface area (Å²) in [5.74, 6) is 0.855. The number of amides is 2. The summed E-state index contributed by atoms with van der Waals surface area (Å²) in [5, 5.41) is 4.72. The van der Waals surface area contributed by atoms with Crippen molar-refractivity contribution in [3.8, 4) is 0 Å². The minimum absolute atomic E-state index is 0.00662. The molecule has 156 valence electrons. The molecule has 1 aliphatic heterocycles. The highest BCUT2D eigenvalue weighted by Gasteiger charge is 2.27. The fourth-order valence-electron chi connectivity index (χ4n) is 3.87. The SMILES string of the molecule is O=C(Nc1ccc(C(=O)N2CCC(c3nc4ccccc4o3)CC2)cc1)c1cccs1. The number of anilines is 1. The van der Waals surface area contributed by atoms with Gasteiger partial charge in [-0.15, -0.1) is 11.3 Å². The number of aromatic nitrogens is 1. The molecule has 1 aliphatic rings. The molecule has 0 saturated carbocycles. The Morgan fingerprint density at radius 2 is 1.77 bits per heavy atom. The minimum atomic E-state index is -0.143. The molecular formula is C24H21N3O3S. The molecule has 0 bridgehead atoms. The van der Waals surface area contributed by atoms with E-state index in [-0.39, 0.29) is 17.7 Å². The first-order valence-electron chi connectivity index (χ1n) is 10.3. The number of nitrogens with one attached hydrogen (secondary N) is 1. The lowest BCUT2D eigenvalue weighted by atomic mass is 9.96. The van der Waals surface area contributed by atoms with Gasteiger partial charge in [0.25, 0.3) is 11.8 Å². The second-order valence-corrected chi connectivity index (χ2v) is 8.54. The van der Waals surface area contributed by atoms with E-state index in [9.17, 15) is 9.59 Å². The van der Waals surface area contributed by atoms with Crippen molar-refractivity contribution in [1.82, 2.24) is 9.88 Å². The maximum atomic E-state index is 12.9. The normalized spacial score (nSPS) is 14.6. The first kappa shape index (κ1) is 19.5. The van der Waals surface area contributed by atoms with Gasteiger partial charge in [-0.3, -0.25) is 9.59 Å². The van der Waals surface area contributed by atoms with E-state index in [0.717, 1.165) is 29.8 Å². The average molecular weight is 432 g/mol. The van der Waals surface area contributed by atoms with E-state index in [2.05, 4.69) is 10.3 Å². The van der Waals surface area contributed by atoms with Crippen LogP contribution in [0.15, 0.2) is 70.5 Å². The molecule has 0 spiro atoms. The summed E-state index contributed by atoms with van der Waals surface area (Å²) in [6.45, 7) is 1.33. The molecule has 0 atom stereocenters. The molecule has 5 rings (SSSR count). The summed E-state index contributed by atoms with van der Waals surface area (Å²) in [6, 6.07) is 18.5. The number of fused-ring (bicyclic) bond motifs is 1. The Bertz CT molecular complexity index is 1170. The van der Waals surface area contributed by atoms with Gasteiger partial charge in [-0.1, -0.05) is 18.2 Å². The van der Waals surface area contributed by atoms with E-state index in [1.807, 2.05) is 40.6 Å². The third-order valence-corrected chi connectivity index (χ3v) is 6.45. The van der Waals surface area contributed by atoms with Crippen molar-refractivity contribution in [2.24, 2.45) is 0 Å². The number of carbonyl (C=O) groups is 2. The zero-order valence-electron chi connectivity index (χ0n) is 16.8. The van der Waals surface area contributed by atoms with Crippen LogP contribution in [-0.4, -0.2) is 34.8 Å². The van der Waals surface area contributed by atoms with Crippen LogP contribution >= 0.6 is 11.3 Å². The lowest BCUT2D eigenvalue weighted by Crippen LogP contribution is -2.38. The molecule has 2 aromatic heterocycles. The standard InChI is InChI=1S/C24H21N3O3S/c28-22(21-6-3-15-31-21)25-18-9-7-17(8-10-18)24(29)27-13-11-16(12-14-27)23-26-19-4-1-2-5-20(19)30-23/h1-10,15-16H,11-14H2,(H,25,28). The van der Waals surface area contributed by atoms with Crippen LogP contribution in [0.25, 0.3) is 11.1 Å². The number of hydrogen-bond acceptors (Lipinski definition) is 5. The number of rotatable bonds is 4. The average Bonchev–Trinajstić information content (AvgIpc) is 3.49. The van der Waals surface area contributed by atoms with Gasteiger partial charge in [-0.2, -0.15) is 0 Å². The van der Waals surface area contributed by atoms with Gasteiger partial charge in [0.15, 0.2) is 11.5 Å². The van der Waals surface area contributed by atoms with Crippen LogP contribution in [-0.2, 0) is 0 Å². The number of hydrogen-bond donors (Lipinski definition) is 1. The summed E-state index contributed by atoms with van der Waals surface area (Å²) < 4.78 is 5.91. The molecule has 4 aromatic rings. The van der Waals surface area contributed by atoms with Crippen molar-refractivity contribution in [2.45, 2.75) is 18.8 Å². The zero-order chi connectivity index (χ0) is 21.2. The molecular weight excluding hydrogens is 410 g/mol. The third kappa shape index (κ3) is 4.09. The predicted octanol–water partition coefficient (Wildman–Crippen LogP) is 5.16. The van der Waals surface area contributed by atoms with Gasteiger partial charge >= 0.3 is 0 Å². The maximum Gasteiger partial charge on any atom is 0.265 e.